The quantitative estimate of drug-likeness (QED) is 0.315. The molecule has 0 unspecified atom stereocenters. The molecule has 0 aromatic heterocycles. The van der Waals surface area contributed by atoms with Gasteiger partial charge in [-0.05, 0) is 39.3 Å². The Bertz CT molecular complexity index is 396. The number of rotatable bonds is 9. The summed E-state index contributed by atoms with van der Waals surface area (Å²) in [6.45, 7) is 7.01. The fourth-order valence-electron chi connectivity index (χ4n) is 2.35. The Hall–Kier alpha value is -1.47. The number of ketones is 1. The van der Waals surface area contributed by atoms with E-state index >= 15 is 0 Å². The normalized spacial score (nSPS) is 17.5. The molecule has 0 aliphatic rings. The van der Waals surface area contributed by atoms with Crippen LogP contribution in [0, 0.1) is 11.8 Å². The van der Waals surface area contributed by atoms with Crippen LogP contribution in [-0.2, 0) is 9.59 Å². The van der Waals surface area contributed by atoms with Gasteiger partial charge in [-0.25, -0.2) is 0 Å². The Kier molecular flexibility index (Phi) is 8.89. The average Bonchev–Trinajstić information content (AvgIpc) is 2.40. The molecule has 7 nitrogen and oxygen atoms in total. The number of carbonyl (C=O) groups excluding carboxylic acids is 2. The molecule has 0 heterocycles. The number of hydrazone groups is 1. The minimum Gasteiger partial charge on any atom is -0.391 e. The maximum Gasteiger partial charge on any atom is 0.240 e. The highest BCUT2D eigenvalue weighted by Gasteiger charge is 2.34. The van der Waals surface area contributed by atoms with Crippen molar-refractivity contribution < 1.29 is 14.7 Å². The molecule has 0 saturated carbocycles. The second-order valence-corrected chi connectivity index (χ2v) is 6.28. The lowest BCUT2D eigenvalue weighted by molar-refractivity contribution is -0.134. The summed E-state index contributed by atoms with van der Waals surface area (Å²) in [4.78, 5) is 25.8. The lowest BCUT2D eigenvalue weighted by Gasteiger charge is -2.32. The van der Waals surface area contributed by atoms with Crippen molar-refractivity contribution in [3.05, 3.63) is 0 Å². The number of aliphatic hydroxyl groups is 1. The molecule has 0 rings (SSSR count). The van der Waals surface area contributed by atoms with Gasteiger partial charge in [-0.15, -0.1) is 0 Å². The van der Waals surface area contributed by atoms with Gasteiger partial charge in [-0.2, -0.15) is 5.10 Å². The van der Waals surface area contributed by atoms with E-state index in [1.165, 1.54) is 13.1 Å². The number of aliphatic hydroxyl groups excluding tert-OH is 1. The zero-order valence-electron chi connectivity index (χ0n) is 14.4. The van der Waals surface area contributed by atoms with Crippen molar-refractivity contribution in [3.8, 4) is 0 Å². The van der Waals surface area contributed by atoms with Gasteiger partial charge in [0.2, 0.25) is 5.91 Å². The zero-order valence-corrected chi connectivity index (χ0v) is 14.4. The molecule has 0 aromatic carbocycles. The number of Topliss-reactive ketones (excluding diaryl/α,β-unsaturated/α-hetero) is 1. The van der Waals surface area contributed by atoms with E-state index in [0.29, 0.717) is 6.42 Å². The van der Waals surface area contributed by atoms with Crippen LogP contribution in [0.15, 0.2) is 5.10 Å². The molecule has 0 aromatic rings. The first-order valence-corrected chi connectivity index (χ1v) is 7.50. The number of amides is 1. The van der Waals surface area contributed by atoms with Gasteiger partial charge in [0.15, 0.2) is 5.78 Å². The zero-order chi connectivity index (χ0) is 17.4. The largest absolute Gasteiger partial charge is 0.391 e. The monoisotopic (exact) mass is 314 g/mol. The highest BCUT2D eigenvalue weighted by molar-refractivity contribution is 5.90. The molecule has 22 heavy (non-hydrogen) atoms. The number of nitrogens with two attached hydrogens (primary N) is 1. The van der Waals surface area contributed by atoms with Crippen molar-refractivity contribution in [1.29, 1.82) is 0 Å². The second-order valence-electron chi connectivity index (χ2n) is 6.28. The van der Waals surface area contributed by atoms with E-state index in [2.05, 4.69) is 10.4 Å². The van der Waals surface area contributed by atoms with Gasteiger partial charge in [-0.1, -0.05) is 20.8 Å². The predicted octanol–water partition coefficient (Wildman–Crippen LogP) is -0.0220. The lowest BCUT2D eigenvalue weighted by atomic mass is 9.93. The smallest absolute Gasteiger partial charge is 0.240 e. The standard InChI is InChI=1S/C15H30N4O3/c1-9(2)12(11(4)20)18-15(22)13(19(5)6)14(21)10(3)7-8-17-16/h8-10,12-14,21H,7,16H2,1-6H3,(H,18,22)/b17-8+/t10-,12-,13-,14-/m1/s1. The Labute approximate surface area is 132 Å². The molecule has 0 aliphatic heterocycles. The molecular formula is C15H30N4O3. The van der Waals surface area contributed by atoms with E-state index in [0.717, 1.165) is 0 Å². The molecule has 7 heteroatoms. The summed E-state index contributed by atoms with van der Waals surface area (Å²) in [5.41, 5.74) is 0. The van der Waals surface area contributed by atoms with Crippen LogP contribution in [0.4, 0.5) is 0 Å². The first-order valence-electron chi connectivity index (χ1n) is 7.50. The number of likely N-dealkylation sites (N-methyl/N-ethyl adjacent to an activating group) is 1. The van der Waals surface area contributed by atoms with E-state index in [1.807, 2.05) is 20.8 Å². The van der Waals surface area contributed by atoms with Gasteiger partial charge in [0.25, 0.3) is 0 Å². The highest BCUT2D eigenvalue weighted by atomic mass is 16.3. The molecule has 1 amide bonds. The number of nitrogens with one attached hydrogen (secondary N) is 1. The first-order chi connectivity index (χ1) is 10.1. The van der Waals surface area contributed by atoms with Crippen molar-refractivity contribution in [2.45, 2.75) is 52.3 Å². The number of hydrogen-bond acceptors (Lipinski definition) is 6. The van der Waals surface area contributed by atoms with Crippen molar-refractivity contribution in [3.63, 3.8) is 0 Å². The van der Waals surface area contributed by atoms with Crippen LogP contribution in [0.25, 0.3) is 0 Å². The minimum atomic E-state index is -0.896. The summed E-state index contributed by atoms with van der Waals surface area (Å²) < 4.78 is 0. The summed E-state index contributed by atoms with van der Waals surface area (Å²) >= 11 is 0. The van der Waals surface area contributed by atoms with Gasteiger partial charge >= 0.3 is 0 Å². The van der Waals surface area contributed by atoms with E-state index in [9.17, 15) is 14.7 Å². The molecular weight excluding hydrogens is 284 g/mol. The van der Waals surface area contributed by atoms with Gasteiger partial charge in [0.05, 0.1) is 12.1 Å². The molecule has 0 bridgehead atoms. The van der Waals surface area contributed by atoms with Gasteiger partial charge in [0.1, 0.15) is 6.04 Å². The van der Waals surface area contributed by atoms with Crippen LogP contribution in [0.2, 0.25) is 0 Å². The Morgan fingerprint density at radius 1 is 1.32 bits per heavy atom. The van der Waals surface area contributed by atoms with E-state index < -0.39 is 18.2 Å². The maximum atomic E-state index is 12.5. The molecule has 0 spiro atoms. The molecule has 0 aliphatic carbocycles. The lowest BCUT2D eigenvalue weighted by Crippen LogP contribution is -2.56. The van der Waals surface area contributed by atoms with E-state index in [-0.39, 0.29) is 23.5 Å². The molecule has 4 atom stereocenters. The number of carbonyl (C=O) groups is 2. The van der Waals surface area contributed by atoms with Crippen molar-refractivity contribution >= 4 is 17.9 Å². The fourth-order valence-corrected chi connectivity index (χ4v) is 2.35. The van der Waals surface area contributed by atoms with Crippen LogP contribution in [-0.4, -0.2) is 60.2 Å². The summed E-state index contributed by atoms with van der Waals surface area (Å²) in [6, 6.07) is -1.30. The molecule has 128 valence electrons. The summed E-state index contributed by atoms with van der Waals surface area (Å²) in [5, 5.41) is 16.6. The average molecular weight is 314 g/mol. The van der Waals surface area contributed by atoms with Gasteiger partial charge < -0.3 is 16.3 Å². The number of nitrogens with zero attached hydrogens (tertiary/aromatic N) is 2. The SMILES string of the molecule is CC(=O)[C@H](NC(=O)[C@@H]([C@H](O)[C@H](C)C/C=N/N)N(C)C)C(C)C. The predicted molar refractivity (Wildman–Crippen MR) is 87.4 cm³/mol. The maximum absolute atomic E-state index is 12.5. The van der Waals surface area contributed by atoms with Crippen molar-refractivity contribution in [2.24, 2.45) is 22.8 Å². The Balaban J connectivity index is 5.08. The van der Waals surface area contributed by atoms with E-state index in [4.69, 9.17) is 5.84 Å². The second kappa shape index (κ2) is 9.53. The molecule has 0 radical (unpaired) electrons. The summed E-state index contributed by atoms with van der Waals surface area (Å²) in [7, 11) is 3.44. The van der Waals surface area contributed by atoms with Crippen molar-refractivity contribution in [2.75, 3.05) is 14.1 Å². The topological polar surface area (TPSA) is 108 Å². The van der Waals surface area contributed by atoms with Crippen LogP contribution in [0.1, 0.15) is 34.1 Å². The van der Waals surface area contributed by atoms with Crippen LogP contribution in [0.3, 0.4) is 0 Å². The van der Waals surface area contributed by atoms with Crippen LogP contribution in [0.5, 0.6) is 0 Å². The van der Waals surface area contributed by atoms with Crippen LogP contribution < -0.4 is 11.2 Å². The van der Waals surface area contributed by atoms with E-state index in [1.54, 1.807) is 19.0 Å². The summed E-state index contributed by atoms with van der Waals surface area (Å²) in [6.07, 6.45) is 1.08. The highest BCUT2D eigenvalue weighted by Crippen LogP contribution is 2.15. The fraction of sp³-hybridized carbons (Fsp3) is 0.800. The Morgan fingerprint density at radius 2 is 1.86 bits per heavy atom. The van der Waals surface area contributed by atoms with Crippen molar-refractivity contribution in [1.82, 2.24) is 10.2 Å². The third-order valence-electron chi connectivity index (χ3n) is 3.72. The third kappa shape index (κ3) is 6.11. The molecule has 0 fully saturated rings. The summed E-state index contributed by atoms with van der Waals surface area (Å²) in [5.74, 6) is 4.40. The molecule has 0 saturated heterocycles. The minimum absolute atomic E-state index is 0.0109. The van der Waals surface area contributed by atoms with Gasteiger partial charge in [0, 0.05) is 6.21 Å². The first kappa shape index (κ1) is 20.5. The van der Waals surface area contributed by atoms with Gasteiger partial charge in [-0.3, -0.25) is 14.5 Å². The number of hydrogen-bond donors (Lipinski definition) is 3. The Morgan fingerprint density at radius 3 is 2.23 bits per heavy atom. The third-order valence-corrected chi connectivity index (χ3v) is 3.72. The molecule has 4 N–H and O–H groups in total. The van der Waals surface area contributed by atoms with Crippen LogP contribution >= 0.6 is 0 Å².